The molecule has 1 aromatic heterocycles. The molecule has 1 aliphatic rings. The molecule has 2 heterocycles. The van der Waals surface area contributed by atoms with Crippen molar-refractivity contribution in [3.63, 3.8) is 0 Å². The number of benzene rings is 1. The number of methoxy groups -OCH3 is 1. The van der Waals surface area contributed by atoms with Crippen LogP contribution >= 0.6 is 0 Å². The molecule has 0 aliphatic carbocycles. The Morgan fingerprint density at radius 2 is 1.86 bits per heavy atom. The number of fused-ring (bicyclic) bond motifs is 1. The minimum absolute atomic E-state index is 0.00291. The molecule has 118 valence electrons. The fourth-order valence-electron chi connectivity index (χ4n) is 2.62. The number of imidazole rings is 1. The van der Waals surface area contributed by atoms with E-state index >= 15 is 0 Å². The molecule has 7 heteroatoms. The number of aromatic nitrogens is 2. The van der Waals surface area contributed by atoms with Crippen molar-refractivity contribution in [1.82, 2.24) is 9.55 Å². The second kappa shape index (κ2) is 4.66. The fourth-order valence-corrected chi connectivity index (χ4v) is 2.62. The van der Waals surface area contributed by atoms with Crippen molar-refractivity contribution < 1.29 is 22.6 Å². The molecular weight excluding hydrogens is 297 g/mol. The minimum Gasteiger partial charge on any atom is -0.497 e. The molecule has 0 N–H and O–H groups in total. The van der Waals surface area contributed by atoms with Crippen molar-refractivity contribution >= 4 is 0 Å². The maximum absolute atomic E-state index is 13.8. The minimum atomic E-state index is -4.57. The van der Waals surface area contributed by atoms with Crippen LogP contribution in [-0.4, -0.2) is 22.8 Å². The molecule has 0 radical (unpaired) electrons. The van der Waals surface area contributed by atoms with E-state index < -0.39 is 11.8 Å². The fraction of sp³-hybridized carbons (Fsp3) is 0.400. The number of nitrogens with zero attached hydrogens (tertiary/aromatic N) is 2. The lowest BCUT2D eigenvalue weighted by Gasteiger charge is -2.30. The van der Waals surface area contributed by atoms with Crippen LogP contribution in [0.1, 0.15) is 17.0 Å². The summed E-state index contributed by atoms with van der Waals surface area (Å²) < 4.78 is 53.0. The molecule has 0 spiro atoms. The molecule has 0 unspecified atom stereocenters. The maximum atomic E-state index is 13.8. The maximum Gasteiger partial charge on any atom is 0.434 e. The summed E-state index contributed by atoms with van der Waals surface area (Å²) >= 11 is 0. The quantitative estimate of drug-likeness (QED) is 0.853. The Morgan fingerprint density at radius 3 is 2.36 bits per heavy atom. The van der Waals surface area contributed by atoms with Crippen LogP contribution in [0.15, 0.2) is 24.3 Å². The molecule has 2 aromatic rings. The SMILES string of the molecule is COc1ccc([C@]2(C(F)(F)F)Cn3c(nc(C)c3C)O2)cc1. The summed E-state index contributed by atoms with van der Waals surface area (Å²) in [5.41, 5.74) is -1.04. The number of rotatable bonds is 2. The average Bonchev–Trinajstić information content (AvgIpc) is 2.97. The zero-order valence-corrected chi connectivity index (χ0v) is 12.4. The zero-order valence-electron chi connectivity index (χ0n) is 12.4. The Kier molecular flexibility index (Phi) is 3.12. The summed E-state index contributed by atoms with van der Waals surface area (Å²) in [6.45, 7) is 3.13. The van der Waals surface area contributed by atoms with Crippen molar-refractivity contribution in [2.45, 2.75) is 32.2 Å². The Hall–Kier alpha value is -2.18. The third-order valence-corrected chi connectivity index (χ3v) is 4.08. The summed E-state index contributed by atoms with van der Waals surface area (Å²) in [6.07, 6.45) is -4.57. The first-order valence-corrected chi connectivity index (χ1v) is 6.72. The van der Waals surface area contributed by atoms with Gasteiger partial charge in [0.25, 0.3) is 6.01 Å². The van der Waals surface area contributed by atoms with Crippen molar-refractivity contribution in [2.24, 2.45) is 0 Å². The van der Waals surface area contributed by atoms with E-state index in [0.717, 1.165) is 0 Å². The van der Waals surface area contributed by atoms with Crippen LogP contribution in [0.25, 0.3) is 0 Å². The molecule has 0 saturated heterocycles. The molecule has 3 rings (SSSR count). The van der Waals surface area contributed by atoms with Gasteiger partial charge in [-0.1, -0.05) is 12.1 Å². The van der Waals surface area contributed by atoms with E-state index in [1.54, 1.807) is 13.8 Å². The normalized spacial score (nSPS) is 20.6. The van der Waals surface area contributed by atoms with E-state index in [9.17, 15) is 13.2 Å². The third kappa shape index (κ3) is 1.95. The lowest BCUT2D eigenvalue weighted by Crippen LogP contribution is -2.47. The van der Waals surface area contributed by atoms with Gasteiger partial charge in [0.2, 0.25) is 5.60 Å². The summed E-state index contributed by atoms with van der Waals surface area (Å²) in [4.78, 5) is 4.07. The van der Waals surface area contributed by atoms with Gasteiger partial charge in [-0.05, 0) is 26.0 Å². The van der Waals surface area contributed by atoms with Gasteiger partial charge in [0.15, 0.2) is 0 Å². The highest BCUT2D eigenvalue weighted by Crippen LogP contribution is 2.48. The molecule has 1 atom stereocenters. The molecule has 22 heavy (non-hydrogen) atoms. The molecule has 1 aromatic carbocycles. The van der Waals surface area contributed by atoms with E-state index in [1.165, 1.54) is 35.9 Å². The first-order valence-electron chi connectivity index (χ1n) is 6.72. The van der Waals surface area contributed by atoms with E-state index in [0.29, 0.717) is 17.1 Å². The number of hydrogen-bond acceptors (Lipinski definition) is 3. The van der Waals surface area contributed by atoms with Gasteiger partial charge in [0.1, 0.15) is 5.75 Å². The summed E-state index contributed by atoms with van der Waals surface area (Å²) in [7, 11) is 1.46. The van der Waals surface area contributed by atoms with Gasteiger partial charge >= 0.3 is 6.18 Å². The summed E-state index contributed by atoms with van der Waals surface area (Å²) in [5, 5.41) is 0. The predicted octanol–water partition coefficient (Wildman–Crippen LogP) is 3.36. The van der Waals surface area contributed by atoms with Crippen molar-refractivity contribution in [1.29, 1.82) is 0 Å². The van der Waals surface area contributed by atoms with Gasteiger partial charge < -0.3 is 9.47 Å². The number of halogens is 3. The Balaban J connectivity index is 2.08. The molecule has 1 aliphatic heterocycles. The van der Waals surface area contributed by atoms with Gasteiger partial charge in [-0.2, -0.15) is 13.2 Å². The molecule has 4 nitrogen and oxygen atoms in total. The largest absolute Gasteiger partial charge is 0.497 e. The highest BCUT2D eigenvalue weighted by atomic mass is 19.4. The summed E-state index contributed by atoms with van der Waals surface area (Å²) in [6, 6.07) is 5.74. The van der Waals surface area contributed by atoms with Crippen molar-refractivity contribution in [3.05, 3.63) is 41.2 Å². The first kappa shape index (κ1) is 14.7. The van der Waals surface area contributed by atoms with E-state index in [2.05, 4.69) is 4.98 Å². The van der Waals surface area contributed by atoms with Crippen LogP contribution in [0.2, 0.25) is 0 Å². The van der Waals surface area contributed by atoms with Crippen molar-refractivity contribution in [2.75, 3.05) is 7.11 Å². The topological polar surface area (TPSA) is 36.3 Å². The molecule has 0 saturated carbocycles. The molecule has 0 bridgehead atoms. The number of hydrogen-bond donors (Lipinski definition) is 0. The van der Waals surface area contributed by atoms with E-state index in [4.69, 9.17) is 9.47 Å². The lowest BCUT2D eigenvalue weighted by atomic mass is 9.93. The van der Waals surface area contributed by atoms with Gasteiger partial charge in [-0.3, -0.25) is 4.57 Å². The number of ether oxygens (including phenoxy) is 2. The van der Waals surface area contributed by atoms with Gasteiger partial charge in [0, 0.05) is 11.3 Å². The highest BCUT2D eigenvalue weighted by molar-refractivity contribution is 5.35. The zero-order chi connectivity index (χ0) is 16.1. The Morgan fingerprint density at radius 1 is 1.23 bits per heavy atom. The Bertz CT molecular complexity index is 707. The van der Waals surface area contributed by atoms with E-state index in [-0.39, 0.29) is 18.1 Å². The third-order valence-electron chi connectivity index (χ3n) is 4.08. The van der Waals surface area contributed by atoms with Crippen molar-refractivity contribution in [3.8, 4) is 11.8 Å². The highest BCUT2D eigenvalue weighted by Gasteiger charge is 2.62. The molecule has 0 fully saturated rings. The van der Waals surface area contributed by atoms with Crippen LogP contribution in [-0.2, 0) is 12.1 Å². The van der Waals surface area contributed by atoms with E-state index in [1.807, 2.05) is 0 Å². The predicted molar refractivity (Wildman–Crippen MR) is 73.1 cm³/mol. The monoisotopic (exact) mass is 312 g/mol. The van der Waals surface area contributed by atoms with Gasteiger partial charge in [-0.25, -0.2) is 4.98 Å². The average molecular weight is 312 g/mol. The summed E-state index contributed by atoms with van der Waals surface area (Å²) in [5.74, 6) is 0.490. The standard InChI is InChI=1S/C15H15F3N2O2/c1-9-10(2)20-8-14(15(16,17)18,22-13(20)19-9)11-4-6-12(21-3)7-5-11/h4-7H,8H2,1-3H3/t14-/m0/s1. The second-order valence-corrected chi connectivity index (χ2v) is 5.31. The first-order chi connectivity index (χ1) is 10.3. The molecular formula is C15H15F3N2O2. The lowest BCUT2D eigenvalue weighted by molar-refractivity contribution is -0.250. The number of alkyl halides is 3. The van der Waals surface area contributed by atoms with Crippen LogP contribution in [0.3, 0.4) is 0 Å². The van der Waals surface area contributed by atoms with Crippen LogP contribution in [0.5, 0.6) is 11.8 Å². The van der Waals surface area contributed by atoms with Gasteiger partial charge in [0.05, 0.1) is 19.3 Å². The van der Waals surface area contributed by atoms with Crippen LogP contribution < -0.4 is 9.47 Å². The van der Waals surface area contributed by atoms with Crippen LogP contribution in [0.4, 0.5) is 13.2 Å². The Labute approximate surface area is 125 Å². The second-order valence-electron chi connectivity index (χ2n) is 5.31. The van der Waals surface area contributed by atoms with Crippen LogP contribution in [0, 0.1) is 13.8 Å². The van der Waals surface area contributed by atoms with Gasteiger partial charge in [-0.15, -0.1) is 0 Å². The smallest absolute Gasteiger partial charge is 0.434 e. The molecule has 0 amide bonds. The number of aryl methyl sites for hydroxylation is 1.